The molecule has 194 valence electrons. The predicted octanol–water partition coefficient (Wildman–Crippen LogP) is 6.68. The third kappa shape index (κ3) is 7.64. The van der Waals surface area contributed by atoms with Crippen molar-refractivity contribution in [3.63, 3.8) is 0 Å². The topological polar surface area (TPSA) is 102 Å². The van der Waals surface area contributed by atoms with Crippen molar-refractivity contribution in [2.75, 3.05) is 18.5 Å². The van der Waals surface area contributed by atoms with Crippen LogP contribution in [-0.4, -0.2) is 36.3 Å². The fourth-order valence-electron chi connectivity index (χ4n) is 3.23. The summed E-state index contributed by atoms with van der Waals surface area (Å²) in [7, 11) is 0. The third-order valence-electron chi connectivity index (χ3n) is 5.03. The summed E-state index contributed by atoms with van der Waals surface area (Å²) in [6.45, 7) is 1.77. The number of nitrogens with zero attached hydrogens (tertiary/aromatic N) is 2. The lowest BCUT2D eigenvalue weighted by Crippen LogP contribution is -2.18. The number of thiazole rings is 1. The minimum absolute atomic E-state index is 0.229. The van der Waals surface area contributed by atoms with Crippen molar-refractivity contribution in [1.82, 2.24) is 10.4 Å². The lowest BCUT2D eigenvalue weighted by Gasteiger charge is -2.09. The molecular formula is C27H22BrClN4O4S. The SMILES string of the molecule is CCOC(=O)COc1ccc(Br)cc1/C=N\NC(=O)c1ccc(-c2csc(Nc3ccc(Cl)cc3)n2)cc1. The normalized spacial score (nSPS) is 10.8. The maximum atomic E-state index is 12.6. The largest absolute Gasteiger partial charge is 0.481 e. The molecular weight excluding hydrogens is 592 g/mol. The van der Waals surface area contributed by atoms with Crippen LogP contribution in [0.5, 0.6) is 5.75 Å². The van der Waals surface area contributed by atoms with Crippen LogP contribution in [0, 0.1) is 0 Å². The van der Waals surface area contributed by atoms with E-state index in [4.69, 9.17) is 21.1 Å². The summed E-state index contributed by atoms with van der Waals surface area (Å²) < 4.78 is 11.2. The van der Waals surface area contributed by atoms with E-state index in [0.717, 1.165) is 26.5 Å². The second kappa shape index (κ2) is 13.2. The molecule has 0 fully saturated rings. The Labute approximate surface area is 236 Å². The lowest BCUT2D eigenvalue weighted by atomic mass is 10.1. The molecule has 0 atom stereocenters. The Morgan fingerprint density at radius 3 is 2.61 bits per heavy atom. The Morgan fingerprint density at radius 1 is 1.11 bits per heavy atom. The summed E-state index contributed by atoms with van der Waals surface area (Å²) in [6.07, 6.45) is 1.45. The van der Waals surface area contributed by atoms with Crippen LogP contribution in [0.4, 0.5) is 10.8 Å². The van der Waals surface area contributed by atoms with Crippen molar-refractivity contribution in [1.29, 1.82) is 0 Å². The van der Waals surface area contributed by atoms with Gasteiger partial charge in [0.25, 0.3) is 5.91 Å². The molecule has 0 bridgehead atoms. The Balaban J connectivity index is 1.36. The van der Waals surface area contributed by atoms with E-state index in [1.54, 1.807) is 37.3 Å². The Hall–Kier alpha value is -3.73. The van der Waals surface area contributed by atoms with Crippen molar-refractivity contribution in [2.24, 2.45) is 5.10 Å². The first-order valence-corrected chi connectivity index (χ1v) is 13.5. The fourth-order valence-corrected chi connectivity index (χ4v) is 4.47. The number of hydrazone groups is 1. The number of carbonyl (C=O) groups is 2. The van der Waals surface area contributed by atoms with E-state index < -0.39 is 5.97 Å². The smallest absolute Gasteiger partial charge is 0.344 e. The maximum Gasteiger partial charge on any atom is 0.344 e. The molecule has 38 heavy (non-hydrogen) atoms. The molecule has 8 nitrogen and oxygen atoms in total. The number of aromatic nitrogens is 1. The fraction of sp³-hybridized carbons (Fsp3) is 0.111. The van der Waals surface area contributed by atoms with E-state index in [1.165, 1.54) is 17.6 Å². The zero-order valence-corrected chi connectivity index (χ0v) is 23.3. The van der Waals surface area contributed by atoms with Gasteiger partial charge in [-0.1, -0.05) is 39.7 Å². The Kier molecular flexibility index (Phi) is 9.47. The highest BCUT2D eigenvalue weighted by Crippen LogP contribution is 2.28. The lowest BCUT2D eigenvalue weighted by molar-refractivity contribution is -0.145. The van der Waals surface area contributed by atoms with Crippen LogP contribution in [0.2, 0.25) is 5.02 Å². The molecule has 1 aromatic heterocycles. The highest BCUT2D eigenvalue weighted by atomic mass is 79.9. The zero-order valence-electron chi connectivity index (χ0n) is 20.1. The number of nitrogens with one attached hydrogen (secondary N) is 2. The molecule has 0 radical (unpaired) electrons. The van der Waals surface area contributed by atoms with Crippen LogP contribution in [0.1, 0.15) is 22.8 Å². The van der Waals surface area contributed by atoms with Crippen molar-refractivity contribution in [3.8, 4) is 17.0 Å². The average Bonchev–Trinajstić information content (AvgIpc) is 3.38. The van der Waals surface area contributed by atoms with Gasteiger partial charge in [-0.25, -0.2) is 15.2 Å². The van der Waals surface area contributed by atoms with Crippen LogP contribution < -0.4 is 15.5 Å². The van der Waals surface area contributed by atoms with Gasteiger partial charge in [-0.15, -0.1) is 11.3 Å². The van der Waals surface area contributed by atoms with E-state index in [0.29, 0.717) is 21.9 Å². The number of halogens is 2. The highest BCUT2D eigenvalue weighted by Gasteiger charge is 2.10. The molecule has 11 heteroatoms. The molecule has 0 aliphatic carbocycles. The molecule has 0 spiro atoms. The standard InChI is InChI=1S/C27H22BrClN4O4S/c1-2-36-25(34)15-37-24-12-7-20(28)13-19(24)14-30-33-26(35)18-5-3-17(4-6-18)23-16-38-27(32-23)31-22-10-8-21(29)9-11-22/h3-14,16H,2,15H2,1H3,(H,31,32)(H,33,35)/b30-14-. The van der Waals surface area contributed by atoms with Gasteiger partial charge in [-0.2, -0.15) is 5.10 Å². The minimum Gasteiger partial charge on any atom is -0.481 e. The second-order valence-corrected chi connectivity index (χ2v) is 9.93. The van der Waals surface area contributed by atoms with Crippen molar-refractivity contribution >= 4 is 67.8 Å². The summed E-state index contributed by atoms with van der Waals surface area (Å²) in [5, 5.41) is 10.6. The van der Waals surface area contributed by atoms with Gasteiger partial charge in [-0.05, 0) is 61.5 Å². The molecule has 0 aliphatic rings. The van der Waals surface area contributed by atoms with Crippen LogP contribution in [0.15, 0.2) is 81.7 Å². The molecule has 1 heterocycles. The van der Waals surface area contributed by atoms with Crippen molar-refractivity contribution in [2.45, 2.75) is 6.92 Å². The van der Waals surface area contributed by atoms with Crippen LogP contribution >= 0.6 is 38.9 Å². The van der Waals surface area contributed by atoms with Gasteiger partial charge < -0.3 is 14.8 Å². The van der Waals surface area contributed by atoms with Gasteiger partial charge in [0.05, 0.1) is 18.5 Å². The van der Waals surface area contributed by atoms with Crippen LogP contribution in [-0.2, 0) is 9.53 Å². The van der Waals surface area contributed by atoms with Crippen molar-refractivity contribution in [3.05, 3.63) is 92.7 Å². The van der Waals surface area contributed by atoms with Gasteiger partial charge >= 0.3 is 5.97 Å². The number of benzene rings is 3. The van der Waals surface area contributed by atoms with Crippen LogP contribution in [0.25, 0.3) is 11.3 Å². The Morgan fingerprint density at radius 2 is 1.87 bits per heavy atom. The maximum absolute atomic E-state index is 12.6. The first kappa shape index (κ1) is 27.3. The summed E-state index contributed by atoms with van der Waals surface area (Å²) in [5.74, 6) is -0.418. The molecule has 4 aromatic rings. The van der Waals surface area contributed by atoms with Gasteiger partial charge in [0.2, 0.25) is 0 Å². The molecule has 4 rings (SSSR count). The number of anilines is 2. The highest BCUT2D eigenvalue weighted by molar-refractivity contribution is 9.10. The van der Waals surface area contributed by atoms with E-state index in [-0.39, 0.29) is 19.1 Å². The van der Waals surface area contributed by atoms with E-state index in [2.05, 4.69) is 36.8 Å². The summed E-state index contributed by atoms with van der Waals surface area (Å²) in [6, 6.07) is 19.7. The van der Waals surface area contributed by atoms with Gasteiger partial charge in [-0.3, -0.25) is 4.79 Å². The quantitative estimate of drug-likeness (QED) is 0.118. The number of amides is 1. The van der Waals surface area contributed by atoms with Crippen LogP contribution in [0.3, 0.4) is 0 Å². The van der Waals surface area contributed by atoms with Gasteiger partial charge in [0.15, 0.2) is 11.7 Å². The monoisotopic (exact) mass is 612 g/mol. The second-order valence-electron chi connectivity index (χ2n) is 7.72. The molecule has 0 aliphatic heterocycles. The van der Waals surface area contributed by atoms with Crippen molar-refractivity contribution < 1.29 is 19.1 Å². The molecule has 3 aromatic carbocycles. The summed E-state index contributed by atoms with van der Waals surface area (Å²) in [4.78, 5) is 28.8. The zero-order chi connectivity index (χ0) is 26.9. The van der Waals surface area contributed by atoms with Gasteiger partial charge in [0.1, 0.15) is 5.75 Å². The summed E-state index contributed by atoms with van der Waals surface area (Å²) >= 11 is 10.8. The third-order valence-corrected chi connectivity index (χ3v) is 6.54. The number of esters is 1. The number of hydrogen-bond acceptors (Lipinski definition) is 8. The van der Waals surface area contributed by atoms with E-state index >= 15 is 0 Å². The molecule has 2 N–H and O–H groups in total. The Bertz CT molecular complexity index is 1440. The van der Waals surface area contributed by atoms with E-state index in [9.17, 15) is 9.59 Å². The molecule has 0 saturated heterocycles. The molecule has 0 unspecified atom stereocenters. The number of ether oxygens (including phenoxy) is 2. The number of hydrogen-bond donors (Lipinski definition) is 2. The summed E-state index contributed by atoms with van der Waals surface area (Å²) in [5.41, 5.74) is 6.09. The number of rotatable bonds is 10. The average molecular weight is 614 g/mol. The predicted molar refractivity (Wildman–Crippen MR) is 154 cm³/mol. The minimum atomic E-state index is -0.471. The van der Waals surface area contributed by atoms with Gasteiger partial charge in [0, 0.05) is 37.3 Å². The first-order chi connectivity index (χ1) is 18.4. The molecule has 1 amide bonds. The molecule has 0 saturated carbocycles. The number of carbonyl (C=O) groups excluding carboxylic acids is 2. The first-order valence-electron chi connectivity index (χ1n) is 11.4. The van der Waals surface area contributed by atoms with E-state index in [1.807, 2.05) is 41.8 Å².